The molecule has 1 aromatic carbocycles. The minimum atomic E-state index is 0.00750. The predicted molar refractivity (Wildman–Crippen MR) is 107 cm³/mol. The van der Waals surface area contributed by atoms with Crippen molar-refractivity contribution in [1.82, 2.24) is 19.7 Å². The van der Waals surface area contributed by atoms with Crippen LogP contribution >= 0.6 is 0 Å². The van der Waals surface area contributed by atoms with E-state index >= 15 is 0 Å². The average Bonchev–Trinajstić information content (AvgIpc) is 3.06. The van der Waals surface area contributed by atoms with Crippen LogP contribution in [-0.2, 0) is 13.6 Å². The summed E-state index contributed by atoms with van der Waals surface area (Å²) in [7, 11) is 1.88. The highest BCUT2D eigenvalue weighted by Crippen LogP contribution is 2.23. The highest BCUT2D eigenvalue weighted by molar-refractivity contribution is 5.94. The second kappa shape index (κ2) is 8.03. The van der Waals surface area contributed by atoms with Gasteiger partial charge in [0.15, 0.2) is 0 Å². The van der Waals surface area contributed by atoms with Gasteiger partial charge in [-0.1, -0.05) is 26.0 Å². The zero-order valence-corrected chi connectivity index (χ0v) is 16.0. The molecule has 2 aromatic heterocycles. The van der Waals surface area contributed by atoms with Gasteiger partial charge >= 0.3 is 0 Å². The fourth-order valence-electron chi connectivity index (χ4n) is 3.05. The molecule has 140 valence electrons. The second-order valence-electron chi connectivity index (χ2n) is 7.12. The predicted octanol–water partition coefficient (Wildman–Crippen LogP) is 3.36. The molecule has 0 atom stereocenters. The monoisotopic (exact) mass is 363 g/mol. The summed E-state index contributed by atoms with van der Waals surface area (Å²) in [6.07, 6.45) is 5.45. The van der Waals surface area contributed by atoms with Crippen molar-refractivity contribution in [2.75, 3.05) is 12.3 Å². The Morgan fingerprint density at radius 1 is 1.22 bits per heavy atom. The number of aromatic nitrogens is 3. The third kappa shape index (κ3) is 4.53. The highest BCUT2D eigenvalue weighted by atomic mass is 16.2. The number of nitrogens with two attached hydrogens (primary N) is 1. The summed E-state index contributed by atoms with van der Waals surface area (Å²) in [6, 6.07) is 11.1. The molecule has 0 saturated heterocycles. The lowest BCUT2D eigenvalue weighted by Gasteiger charge is -2.24. The van der Waals surface area contributed by atoms with E-state index in [1.165, 1.54) is 0 Å². The fourth-order valence-corrected chi connectivity index (χ4v) is 3.05. The molecule has 6 heteroatoms. The zero-order valence-electron chi connectivity index (χ0n) is 16.0. The van der Waals surface area contributed by atoms with Crippen molar-refractivity contribution in [2.24, 2.45) is 13.0 Å². The van der Waals surface area contributed by atoms with Gasteiger partial charge in [0.1, 0.15) is 0 Å². The normalized spacial score (nSPS) is 11.0. The Hall–Kier alpha value is -3.15. The standard InChI is InChI=1S/C21H25N5O/c1-15(2)12-26(14-16-11-24-25(3)13-16)21(27)18-8-6-17(7-9-18)20-19(22)5-4-10-23-20/h4-11,13,15H,12,14,22H2,1-3H3. The van der Waals surface area contributed by atoms with Gasteiger partial charge in [0.25, 0.3) is 5.91 Å². The van der Waals surface area contributed by atoms with Crippen molar-refractivity contribution in [3.63, 3.8) is 0 Å². The molecule has 0 bridgehead atoms. The summed E-state index contributed by atoms with van der Waals surface area (Å²) in [5.74, 6) is 0.381. The van der Waals surface area contributed by atoms with Crippen molar-refractivity contribution in [1.29, 1.82) is 0 Å². The van der Waals surface area contributed by atoms with Crippen LogP contribution in [0.1, 0.15) is 29.8 Å². The molecule has 0 aliphatic carbocycles. The minimum Gasteiger partial charge on any atom is -0.397 e. The third-order valence-corrected chi connectivity index (χ3v) is 4.25. The summed E-state index contributed by atoms with van der Waals surface area (Å²) >= 11 is 0. The first-order valence-electron chi connectivity index (χ1n) is 9.01. The van der Waals surface area contributed by atoms with Crippen LogP contribution in [0.3, 0.4) is 0 Å². The maximum Gasteiger partial charge on any atom is 0.254 e. The number of nitrogens with zero attached hydrogens (tertiary/aromatic N) is 4. The Bertz CT molecular complexity index is 914. The summed E-state index contributed by atoms with van der Waals surface area (Å²) < 4.78 is 1.75. The number of anilines is 1. The molecule has 0 unspecified atom stereocenters. The summed E-state index contributed by atoms with van der Waals surface area (Å²) in [5, 5.41) is 4.19. The topological polar surface area (TPSA) is 77.0 Å². The van der Waals surface area contributed by atoms with Crippen molar-refractivity contribution in [2.45, 2.75) is 20.4 Å². The molecule has 27 heavy (non-hydrogen) atoms. The first-order valence-corrected chi connectivity index (χ1v) is 9.01. The van der Waals surface area contributed by atoms with Crippen LogP contribution in [0.4, 0.5) is 5.69 Å². The summed E-state index contributed by atoms with van der Waals surface area (Å²) in [6.45, 7) is 5.44. The maximum atomic E-state index is 13.1. The lowest BCUT2D eigenvalue weighted by molar-refractivity contribution is 0.0722. The van der Waals surface area contributed by atoms with E-state index in [0.29, 0.717) is 30.3 Å². The Balaban J connectivity index is 1.81. The van der Waals surface area contributed by atoms with Gasteiger partial charge in [-0.15, -0.1) is 0 Å². The first kappa shape index (κ1) is 18.6. The maximum absolute atomic E-state index is 13.1. The van der Waals surface area contributed by atoms with Crippen molar-refractivity contribution >= 4 is 11.6 Å². The van der Waals surface area contributed by atoms with E-state index in [-0.39, 0.29) is 5.91 Å². The van der Waals surface area contributed by atoms with E-state index in [1.54, 1.807) is 23.1 Å². The van der Waals surface area contributed by atoms with E-state index in [0.717, 1.165) is 16.8 Å². The second-order valence-corrected chi connectivity index (χ2v) is 7.12. The molecule has 0 radical (unpaired) electrons. The molecule has 3 rings (SSSR count). The molecule has 6 nitrogen and oxygen atoms in total. The van der Waals surface area contributed by atoms with Gasteiger partial charge in [0, 0.05) is 49.2 Å². The van der Waals surface area contributed by atoms with Crippen LogP contribution in [0.5, 0.6) is 0 Å². The van der Waals surface area contributed by atoms with Gasteiger partial charge in [0.2, 0.25) is 0 Å². The number of rotatable bonds is 6. The van der Waals surface area contributed by atoms with E-state index in [4.69, 9.17) is 5.73 Å². The summed E-state index contributed by atoms with van der Waals surface area (Å²) in [5.41, 5.74) is 9.91. The van der Waals surface area contributed by atoms with Gasteiger partial charge in [0.05, 0.1) is 17.6 Å². The molecule has 0 saturated carbocycles. The van der Waals surface area contributed by atoms with Gasteiger partial charge < -0.3 is 10.6 Å². The average molecular weight is 363 g/mol. The van der Waals surface area contributed by atoms with Gasteiger partial charge in [-0.25, -0.2) is 0 Å². The molecule has 2 N–H and O–H groups in total. The lowest BCUT2D eigenvalue weighted by Crippen LogP contribution is -2.33. The number of benzene rings is 1. The molecule has 0 aliphatic rings. The Labute approximate surface area is 159 Å². The van der Waals surface area contributed by atoms with Crippen LogP contribution < -0.4 is 5.73 Å². The number of amides is 1. The highest BCUT2D eigenvalue weighted by Gasteiger charge is 2.18. The van der Waals surface area contributed by atoms with Gasteiger partial charge in [-0.3, -0.25) is 14.5 Å². The molecule has 0 fully saturated rings. The van der Waals surface area contributed by atoms with E-state index in [9.17, 15) is 4.79 Å². The minimum absolute atomic E-state index is 0.00750. The number of hydrogen-bond acceptors (Lipinski definition) is 4. The van der Waals surface area contributed by atoms with E-state index in [1.807, 2.05) is 48.5 Å². The molecule has 3 aromatic rings. The number of pyridine rings is 1. The molecular formula is C21H25N5O. The van der Waals surface area contributed by atoms with Crippen LogP contribution in [0.25, 0.3) is 11.3 Å². The van der Waals surface area contributed by atoms with Crippen LogP contribution in [-0.4, -0.2) is 32.1 Å². The van der Waals surface area contributed by atoms with Gasteiger partial charge in [-0.05, 0) is 30.2 Å². The molecule has 0 spiro atoms. The quantitative estimate of drug-likeness (QED) is 0.728. The number of carbonyl (C=O) groups is 1. The van der Waals surface area contributed by atoms with Crippen LogP contribution in [0.2, 0.25) is 0 Å². The van der Waals surface area contributed by atoms with Crippen LogP contribution in [0.15, 0.2) is 55.0 Å². The third-order valence-electron chi connectivity index (χ3n) is 4.25. The first-order chi connectivity index (χ1) is 12.9. The Morgan fingerprint density at radius 3 is 2.56 bits per heavy atom. The molecular weight excluding hydrogens is 338 g/mol. The number of carbonyl (C=O) groups excluding carboxylic acids is 1. The van der Waals surface area contributed by atoms with Crippen molar-refractivity contribution in [3.05, 3.63) is 66.1 Å². The Morgan fingerprint density at radius 2 is 1.96 bits per heavy atom. The molecule has 1 amide bonds. The fraction of sp³-hybridized carbons (Fsp3) is 0.286. The van der Waals surface area contributed by atoms with E-state index < -0.39 is 0 Å². The van der Waals surface area contributed by atoms with E-state index in [2.05, 4.69) is 23.9 Å². The smallest absolute Gasteiger partial charge is 0.254 e. The van der Waals surface area contributed by atoms with Crippen molar-refractivity contribution in [3.8, 4) is 11.3 Å². The van der Waals surface area contributed by atoms with Gasteiger partial charge in [-0.2, -0.15) is 5.10 Å². The van der Waals surface area contributed by atoms with Crippen LogP contribution in [0, 0.1) is 5.92 Å². The lowest BCUT2D eigenvalue weighted by atomic mass is 10.1. The number of aryl methyl sites for hydroxylation is 1. The number of nitrogen functional groups attached to an aromatic ring is 1. The largest absolute Gasteiger partial charge is 0.397 e. The zero-order chi connectivity index (χ0) is 19.4. The Kier molecular flexibility index (Phi) is 5.54. The number of hydrogen-bond donors (Lipinski definition) is 1. The summed E-state index contributed by atoms with van der Waals surface area (Å²) in [4.78, 5) is 19.3. The SMILES string of the molecule is CC(C)CN(Cc1cnn(C)c1)C(=O)c1ccc(-c2ncccc2N)cc1. The van der Waals surface area contributed by atoms with Crippen molar-refractivity contribution < 1.29 is 4.79 Å². The molecule has 2 heterocycles. The molecule has 0 aliphatic heterocycles.